The van der Waals surface area contributed by atoms with E-state index in [9.17, 15) is 4.79 Å². The normalized spacial score (nSPS) is 25.7. The maximum Gasteiger partial charge on any atom is 0.270 e. The molecule has 1 unspecified atom stereocenters. The van der Waals surface area contributed by atoms with Gasteiger partial charge in [-0.3, -0.25) is 9.69 Å². The Labute approximate surface area is 137 Å². The molecule has 3 aliphatic rings. The topological polar surface area (TPSA) is 61.4 Å². The Hall–Kier alpha value is -1.69. The van der Waals surface area contributed by atoms with E-state index in [0.717, 1.165) is 30.9 Å². The van der Waals surface area contributed by atoms with Crippen molar-refractivity contribution < 1.29 is 4.79 Å². The first kappa shape index (κ1) is 14.9. The number of carbonyl (C=O) groups excluding carboxylic acids is 1. The van der Waals surface area contributed by atoms with Crippen LogP contribution in [0, 0.1) is 6.92 Å². The zero-order valence-corrected chi connectivity index (χ0v) is 14.0. The van der Waals surface area contributed by atoms with Gasteiger partial charge >= 0.3 is 0 Å². The lowest BCUT2D eigenvalue weighted by Crippen LogP contribution is -2.63. The quantitative estimate of drug-likeness (QED) is 0.886. The van der Waals surface area contributed by atoms with Crippen LogP contribution in [0.5, 0.6) is 0 Å². The summed E-state index contributed by atoms with van der Waals surface area (Å²) in [4.78, 5) is 26.1. The van der Waals surface area contributed by atoms with Gasteiger partial charge in [0, 0.05) is 37.3 Å². The Balaban J connectivity index is 1.53. The number of fused-ring (bicyclic) bond motifs is 1. The van der Waals surface area contributed by atoms with Crippen molar-refractivity contribution in [2.45, 2.75) is 51.6 Å². The highest BCUT2D eigenvalue weighted by atomic mass is 16.1. The molecular weight excluding hydrogens is 290 g/mol. The standard InChI is InChI=1S/C17H25N5O/c1-11-5-3-4-8-22(11)13-9-21(10-13)16-14-6-7-18-17(23)15(14)19-12(2)20-16/h11,13H,3-10H2,1-2H3,(H,18,23). The Morgan fingerprint density at radius 3 is 2.83 bits per heavy atom. The third kappa shape index (κ3) is 2.59. The average Bonchev–Trinajstić information content (AvgIpc) is 2.49. The number of carbonyl (C=O) groups is 1. The highest BCUT2D eigenvalue weighted by molar-refractivity contribution is 5.96. The van der Waals surface area contributed by atoms with E-state index in [0.29, 0.717) is 30.1 Å². The summed E-state index contributed by atoms with van der Waals surface area (Å²) in [6, 6.07) is 1.33. The molecule has 0 aromatic carbocycles. The Kier molecular flexibility index (Phi) is 3.71. The zero-order chi connectivity index (χ0) is 16.0. The summed E-state index contributed by atoms with van der Waals surface area (Å²) in [7, 11) is 0. The number of aromatic nitrogens is 2. The van der Waals surface area contributed by atoms with Crippen molar-refractivity contribution in [2.75, 3.05) is 31.1 Å². The van der Waals surface area contributed by atoms with Crippen LogP contribution in [0.4, 0.5) is 5.82 Å². The lowest BCUT2D eigenvalue weighted by atomic mass is 9.96. The maximum absolute atomic E-state index is 12.0. The van der Waals surface area contributed by atoms with Crippen LogP contribution in [0.25, 0.3) is 0 Å². The van der Waals surface area contributed by atoms with E-state index < -0.39 is 0 Å². The number of piperidine rings is 1. The first-order valence-corrected chi connectivity index (χ1v) is 8.80. The lowest BCUT2D eigenvalue weighted by Gasteiger charge is -2.50. The molecule has 0 spiro atoms. The van der Waals surface area contributed by atoms with Crippen LogP contribution < -0.4 is 10.2 Å². The fraction of sp³-hybridized carbons (Fsp3) is 0.706. The first-order chi connectivity index (χ1) is 11.1. The fourth-order valence-corrected chi connectivity index (χ4v) is 4.15. The number of nitrogens with zero attached hydrogens (tertiary/aromatic N) is 4. The molecule has 0 bridgehead atoms. The summed E-state index contributed by atoms with van der Waals surface area (Å²) >= 11 is 0. The van der Waals surface area contributed by atoms with Gasteiger partial charge in [0.1, 0.15) is 17.3 Å². The van der Waals surface area contributed by atoms with E-state index in [1.165, 1.54) is 25.8 Å². The second-order valence-electron chi connectivity index (χ2n) is 7.07. The monoisotopic (exact) mass is 315 g/mol. The summed E-state index contributed by atoms with van der Waals surface area (Å²) in [5.74, 6) is 1.62. The molecule has 6 heteroatoms. The SMILES string of the molecule is Cc1nc2c(c(N3CC(N4CCCCC4C)C3)n1)CCNC2=O. The third-order valence-electron chi connectivity index (χ3n) is 5.46. The van der Waals surface area contributed by atoms with E-state index in [1.54, 1.807) is 0 Å². The molecule has 1 atom stereocenters. The second kappa shape index (κ2) is 5.74. The molecule has 124 valence electrons. The van der Waals surface area contributed by atoms with Gasteiger partial charge in [-0.1, -0.05) is 6.42 Å². The highest BCUT2D eigenvalue weighted by Gasteiger charge is 2.37. The van der Waals surface area contributed by atoms with Gasteiger partial charge in [-0.15, -0.1) is 0 Å². The van der Waals surface area contributed by atoms with Crippen molar-refractivity contribution in [3.8, 4) is 0 Å². The fourth-order valence-electron chi connectivity index (χ4n) is 4.15. The van der Waals surface area contributed by atoms with Crippen LogP contribution in [0.15, 0.2) is 0 Å². The summed E-state index contributed by atoms with van der Waals surface area (Å²) in [6.07, 6.45) is 4.83. The minimum atomic E-state index is -0.0558. The van der Waals surface area contributed by atoms with Crippen molar-refractivity contribution in [2.24, 2.45) is 0 Å². The predicted octanol–water partition coefficient (Wildman–Crippen LogP) is 1.13. The number of rotatable bonds is 2. The summed E-state index contributed by atoms with van der Waals surface area (Å²) in [6.45, 7) is 8.18. The third-order valence-corrected chi connectivity index (χ3v) is 5.46. The molecule has 1 N–H and O–H groups in total. The molecule has 0 aliphatic carbocycles. The molecular formula is C17H25N5O. The summed E-state index contributed by atoms with van der Waals surface area (Å²) in [5, 5.41) is 2.88. The van der Waals surface area contributed by atoms with Crippen molar-refractivity contribution in [3.05, 3.63) is 17.1 Å². The number of aryl methyl sites for hydroxylation is 1. The van der Waals surface area contributed by atoms with E-state index in [2.05, 4.69) is 32.0 Å². The average molecular weight is 315 g/mol. The van der Waals surface area contributed by atoms with E-state index in [-0.39, 0.29) is 5.91 Å². The Bertz CT molecular complexity index is 626. The van der Waals surface area contributed by atoms with Gasteiger partial charge in [-0.05, 0) is 39.7 Å². The number of hydrogen-bond donors (Lipinski definition) is 1. The van der Waals surface area contributed by atoms with Crippen LogP contribution in [-0.2, 0) is 6.42 Å². The van der Waals surface area contributed by atoms with Crippen LogP contribution >= 0.6 is 0 Å². The highest BCUT2D eigenvalue weighted by Crippen LogP contribution is 2.31. The predicted molar refractivity (Wildman–Crippen MR) is 88.8 cm³/mol. The van der Waals surface area contributed by atoms with Crippen molar-refractivity contribution in [3.63, 3.8) is 0 Å². The van der Waals surface area contributed by atoms with Gasteiger partial charge in [0.2, 0.25) is 0 Å². The minimum Gasteiger partial charge on any atom is -0.353 e. The maximum atomic E-state index is 12.0. The molecule has 6 nitrogen and oxygen atoms in total. The molecule has 2 fully saturated rings. The Morgan fingerprint density at radius 2 is 2.04 bits per heavy atom. The number of hydrogen-bond acceptors (Lipinski definition) is 5. The molecule has 4 heterocycles. The molecule has 4 rings (SSSR count). The number of nitrogens with one attached hydrogen (secondary N) is 1. The molecule has 0 radical (unpaired) electrons. The van der Waals surface area contributed by atoms with Gasteiger partial charge in [0.25, 0.3) is 5.91 Å². The van der Waals surface area contributed by atoms with Gasteiger partial charge in [0.05, 0.1) is 0 Å². The summed E-state index contributed by atoms with van der Waals surface area (Å²) in [5.41, 5.74) is 1.61. The number of likely N-dealkylation sites (tertiary alicyclic amines) is 1. The minimum absolute atomic E-state index is 0.0558. The largest absolute Gasteiger partial charge is 0.353 e. The molecule has 1 aromatic heterocycles. The second-order valence-corrected chi connectivity index (χ2v) is 7.07. The Morgan fingerprint density at radius 1 is 1.22 bits per heavy atom. The van der Waals surface area contributed by atoms with Gasteiger partial charge in [0.15, 0.2) is 0 Å². The number of amides is 1. The van der Waals surface area contributed by atoms with Gasteiger partial charge in [-0.25, -0.2) is 9.97 Å². The van der Waals surface area contributed by atoms with Crippen molar-refractivity contribution in [1.29, 1.82) is 0 Å². The zero-order valence-electron chi connectivity index (χ0n) is 14.0. The molecule has 1 aromatic rings. The molecule has 3 aliphatic heterocycles. The first-order valence-electron chi connectivity index (χ1n) is 8.80. The molecule has 1 amide bonds. The molecule has 2 saturated heterocycles. The van der Waals surface area contributed by atoms with E-state index in [1.807, 2.05) is 6.92 Å². The van der Waals surface area contributed by atoms with Crippen LogP contribution in [0.1, 0.15) is 48.1 Å². The van der Waals surface area contributed by atoms with Crippen molar-refractivity contribution >= 4 is 11.7 Å². The van der Waals surface area contributed by atoms with E-state index >= 15 is 0 Å². The van der Waals surface area contributed by atoms with Gasteiger partial charge < -0.3 is 10.2 Å². The molecule has 0 saturated carbocycles. The van der Waals surface area contributed by atoms with Crippen LogP contribution in [0.3, 0.4) is 0 Å². The number of anilines is 1. The van der Waals surface area contributed by atoms with Gasteiger partial charge in [-0.2, -0.15) is 0 Å². The van der Waals surface area contributed by atoms with Crippen molar-refractivity contribution in [1.82, 2.24) is 20.2 Å². The molecule has 23 heavy (non-hydrogen) atoms. The summed E-state index contributed by atoms with van der Waals surface area (Å²) < 4.78 is 0. The van der Waals surface area contributed by atoms with E-state index in [4.69, 9.17) is 0 Å². The van der Waals surface area contributed by atoms with Crippen LogP contribution in [-0.4, -0.2) is 59.0 Å². The smallest absolute Gasteiger partial charge is 0.270 e. The van der Waals surface area contributed by atoms with Crippen LogP contribution in [0.2, 0.25) is 0 Å². The lowest BCUT2D eigenvalue weighted by molar-refractivity contribution is 0.0870.